The zero-order valence-corrected chi connectivity index (χ0v) is 16.5. The molecule has 26 heavy (non-hydrogen) atoms. The highest BCUT2D eigenvalue weighted by Gasteiger charge is 2.22. The first-order valence-electron chi connectivity index (χ1n) is 8.46. The van der Waals surface area contributed by atoms with Gasteiger partial charge in [-0.05, 0) is 52.3 Å². The van der Waals surface area contributed by atoms with Crippen molar-refractivity contribution in [2.45, 2.75) is 52.0 Å². The highest BCUT2D eigenvalue weighted by atomic mass is 32.2. The molecule has 0 aliphatic heterocycles. The number of hydrogen-bond donors (Lipinski definition) is 1. The molecule has 2 rings (SSSR count). The molecule has 7 nitrogen and oxygen atoms in total. The molecule has 0 aliphatic rings. The van der Waals surface area contributed by atoms with E-state index < -0.39 is 10.0 Å². The minimum atomic E-state index is -3.85. The summed E-state index contributed by atoms with van der Waals surface area (Å²) in [6, 6.07) is 6.38. The van der Waals surface area contributed by atoms with Gasteiger partial charge in [-0.15, -0.1) is 0 Å². The molecule has 0 atom stereocenters. The van der Waals surface area contributed by atoms with Crippen LogP contribution in [0.4, 0.5) is 5.69 Å². The van der Waals surface area contributed by atoms with Crippen LogP contribution in [0.1, 0.15) is 50.2 Å². The SMILES string of the molecule is CCCOc1ccc(S(=O)(=O)Nc2c(C)nn(C(C)C)c2C)cc1C#N. The third-order valence-corrected chi connectivity index (χ3v) is 5.24. The fourth-order valence-electron chi connectivity index (χ4n) is 2.61. The van der Waals surface area contributed by atoms with E-state index in [0.717, 1.165) is 12.1 Å². The van der Waals surface area contributed by atoms with E-state index >= 15 is 0 Å². The lowest BCUT2D eigenvalue weighted by Gasteiger charge is -2.12. The maximum atomic E-state index is 12.8. The average molecular weight is 376 g/mol. The average Bonchev–Trinajstić information content (AvgIpc) is 2.87. The highest BCUT2D eigenvalue weighted by Crippen LogP contribution is 2.27. The molecule has 0 saturated heterocycles. The van der Waals surface area contributed by atoms with Crippen LogP contribution < -0.4 is 9.46 Å². The summed E-state index contributed by atoms with van der Waals surface area (Å²) in [4.78, 5) is 0.00833. The summed E-state index contributed by atoms with van der Waals surface area (Å²) in [5.41, 5.74) is 1.99. The van der Waals surface area contributed by atoms with Gasteiger partial charge < -0.3 is 4.74 Å². The Balaban J connectivity index is 2.38. The van der Waals surface area contributed by atoms with Gasteiger partial charge in [0.05, 0.1) is 34.1 Å². The van der Waals surface area contributed by atoms with E-state index in [4.69, 9.17) is 4.74 Å². The van der Waals surface area contributed by atoms with E-state index in [1.807, 2.05) is 33.8 Å². The maximum absolute atomic E-state index is 12.8. The normalized spacial score (nSPS) is 11.4. The number of hydrogen-bond acceptors (Lipinski definition) is 5. The van der Waals surface area contributed by atoms with Crippen molar-refractivity contribution in [2.75, 3.05) is 11.3 Å². The summed E-state index contributed by atoms with van der Waals surface area (Å²) in [6.45, 7) is 9.95. The summed E-state index contributed by atoms with van der Waals surface area (Å²) < 4.78 is 35.4. The molecule has 0 spiro atoms. The summed E-state index contributed by atoms with van der Waals surface area (Å²) in [5, 5.41) is 13.7. The molecule has 2 aromatic rings. The third kappa shape index (κ3) is 3.99. The second-order valence-corrected chi connectivity index (χ2v) is 7.99. The molecular weight excluding hydrogens is 352 g/mol. The first kappa shape index (κ1) is 19.8. The van der Waals surface area contributed by atoms with Gasteiger partial charge in [0.1, 0.15) is 11.8 Å². The Hall–Kier alpha value is -2.53. The number of sulfonamides is 1. The van der Waals surface area contributed by atoms with Crippen molar-refractivity contribution in [3.05, 3.63) is 35.2 Å². The lowest BCUT2D eigenvalue weighted by molar-refractivity contribution is 0.316. The molecule has 0 amide bonds. The van der Waals surface area contributed by atoms with Crippen molar-refractivity contribution in [3.63, 3.8) is 0 Å². The monoisotopic (exact) mass is 376 g/mol. The number of ether oxygens (including phenoxy) is 1. The number of rotatable bonds is 7. The summed E-state index contributed by atoms with van der Waals surface area (Å²) >= 11 is 0. The second kappa shape index (κ2) is 7.79. The Morgan fingerprint density at radius 1 is 1.35 bits per heavy atom. The molecule has 1 N–H and O–H groups in total. The topological polar surface area (TPSA) is 97.0 Å². The van der Waals surface area contributed by atoms with Gasteiger partial charge in [0.15, 0.2) is 0 Å². The molecule has 0 fully saturated rings. The fraction of sp³-hybridized carbons (Fsp3) is 0.444. The van der Waals surface area contributed by atoms with Gasteiger partial charge in [-0.1, -0.05) is 6.92 Å². The molecule has 1 heterocycles. The van der Waals surface area contributed by atoms with Gasteiger partial charge >= 0.3 is 0 Å². The van der Waals surface area contributed by atoms with Crippen LogP contribution in [0.5, 0.6) is 5.75 Å². The predicted octanol–water partition coefficient (Wildman–Crippen LogP) is 3.54. The maximum Gasteiger partial charge on any atom is 0.262 e. The molecule has 0 radical (unpaired) electrons. The van der Waals surface area contributed by atoms with E-state index in [2.05, 4.69) is 9.82 Å². The Bertz CT molecular complexity index is 940. The fourth-order valence-corrected chi connectivity index (χ4v) is 3.81. The molecule has 0 saturated carbocycles. The third-order valence-electron chi connectivity index (χ3n) is 3.89. The Labute approximate surface area is 154 Å². The molecule has 1 aromatic carbocycles. The molecule has 1 aromatic heterocycles. The number of nitrogens with one attached hydrogen (secondary N) is 1. The number of nitriles is 1. The quantitative estimate of drug-likeness (QED) is 0.797. The van der Waals surface area contributed by atoms with Gasteiger partial charge in [0.25, 0.3) is 10.0 Å². The van der Waals surface area contributed by atoms with Crippen molar-refractivity contribution < 1.29 is 13.2 Å². The van der Waals surface area contributed by atoms with Gasteiger partial charge in [0.2, 0.25) is 0 Å². The Kier molecular flexibility index (Phi) is 5.93. The number of benzene rings is 1. The number of aryl methyl sites for hydroxylation is 1. The van der Waals surface area contributed by atoms with E-state index in [-0.39, 0.29) is 16.5 Å². The zero-order chi connectivity index (χ0) is 19.5. The van der Waals surface area contributed by atoms with Gasteiger partial charge in [-0.3, -0.25) is 9.40 Å². The largest absolute Gasteiger partial charge is 0.492 e. The second-order valence-electron chi connectivity index (χ2n) is 6.31. The van der Waals surface area contributed by atoms with Crippen LogP contribution in [0, 0.1) is 25.2 Å². The number of anilines is 1. The molecule has 8 heteroatoms. The van der Waals surface area contributed by atoms with E-state index in [1.54, 1.807) is 11.6 Å². The molecule has 140 valence electrons. The first-order chi connectivity index (χ1) is 12.2. The summed E-state index contributed by atoms with van der Waals surface area (Å²) in [7, 11) is -3.85. The van der Waals surface area contributed by atoms with Crippen LogP contribution in [0.2, 0.25) is 0 Å². The smallest absolute Gasteiger partial charge is 0.262 e. The zero-order valence-electron chi connectivity index (χ0n) is 15.7. The van der Waals surface area contributed by atoms with Crippen molar-refractivity contribution in [2.24, 2.45) is 0 Å². The van der Waals surface area contributed by atoms with Crippen molar-refractivity contribution in [1.82, 2.24) is 9.78 Å². The van der Waals surface area contributed by atoms with Crippen molar-refractivity contribution in [1.29, 1.82) is 5.26 Å². The molecule has 0 bridgehead atoms. The van der Waals surface area contributed by atoms with Crippen molar-refractivity contribution in [3.8, 4) is 11.8 Å². The van der Waals surface area contributed by atoms with Crippen LogP contribution in [-0.2, 0) is 10.0 Å². The van der Waals surface area contributed by atoms with E-state index in [0.29, 0.717) is 23.7 Å². The van der Waals surface area contributed by atoms with E-state index in [9.17, 15) is 13.7 Å². The number of nitrogens with zero attached hydrogens (tertiary/aromatic N) is 3. The molecule has 0 unspecified atom stereocenters. The highest BCUT2D eigenvalue weighted by molar-refractivity contribution is 7.92. The van der Waals surface area contributed by atoms with Crippen LogP contribution in [-0.4, -0.2) is 24.8 Å². The minimum absolute atomic E-state index is 0.00833. The van der Waals surface area contributed by atoms with E-state index in [1.165, 1.54) is 18.2 Å². The predicted molar refractivity (Wildman–Crippen MR) is 99.8 cm³/mol. The minimum Gasteiger partial charge on any atom is -0.492 e. The van der Waals surface area contributed by atoms with Crippen LogP contribution in [0.15, 0.2) is 23.1 Å². The van der Waals surface area contributed by atoms with Gasteiger partial charge in [-0.2, -0.15) is 10.4 Å². The van der Waals surface area contributed by atoms with Crippen LogP contribution in [0.25, 0.3) is 0 Å². The van der Waals surface area contributed by atoms with Gasteiger partial charge in [-0.25, -0.2) is 8.42 Å². The summed E-state index contributed by atoms with van der Waals surface area (Å²) in [5.74, 6) is 0.383. The van der Waals surface area contributed by atoms with Crippen LogP contribution >= 0.6 is 0 Å². The lowest BCUT2D eigenvalue weighted by atomic mass is 10.2. The summed E-state index contributed by atoms with van der Waals surface area (Å²) in [6.07, 6.45) is 0.796. The number of aromatic nitrogens is 2. The Morgan fingerprint density at radius 3 is 2.58 bits per heavy atom. The van der Waals surface area contributed by atoms with Crippen molar-refractivity contribution >= 4 is 15.7 Å². The van der Waals surface area contributed by atoms with Gasteiger partial charge in [0, 0.05) is 6.04 Å². The van der Waals surface area contributed by atoms with Crippen LogP contribution in [0.3, 0.4) is 0 Å². The standard InChI is InChI=1S/C18H24N4O3S/c1-6-9-25-17-8-7-16(10-15(17)11-19)26(23,24)21-18-13(4)20-22(12(2)3)14(18)5/h7-8,10,12,21H,6,9H2,1-5H3. The first-order valence-corrected chi connectivity index (χ1v) is 9.95. The molecule has 0 aliphatic carbocycles. The Morgan fingerprint density at radius 2 is 2.04 bits per heavy atom. The molecular formula is C18H24N4O3S. The lowest BCUT2D eigenvalue weighted by Crippen LogP contribution is -2.15.